The molecule has 2 aromatic carbocycles. The van der Waals surface area contributed by atoms with Crippen LogP contribution < -0.4 is 15.8 Å². The molecule has 0 radical (unpaired) electrons. The van der Waals surface area contributed by atoms with Gasteiger partial charge in [-0.2, -0.15) is 4.98 Å². The van der Waals surface area contributed by atoms with Crippen molar-refractivity contribution in [3.8, 4) is 5.75 Å². The number of likely N-dealkylation sites (N-methyl/N-ethyl adjacent to an activating group) is 1. The minimum atomic E-state index is 0.260. The van der Waals surface area contributed by atoms with Crippen LogP contribution in [0.25, 0.3) is 11.0 Å². The van der Waals surface area contributed by atoms with Gasteiger partial charge in [-0.3, -0.25) is 9.80 Å². The second-order valence-electron chi connectivity index (χ2n) is 10.2. The third-order valence-corrected chi connectivity index (χ3v) is 7.36. The fraction of sp³-hybridized carbons (Fsp3) is 0.379. The molecule has 1 aliphatic rings. The molecule has 194 valence electrons. The summed E-state index contributed by atoms with van der Waals surface area (Å²) in [6.07, 6.45) is 2.03. The van der Waals surface area contributed by atoms with Gasteiger partial charge in [0.25, 0.3) is 0 Å². The van der Waals surface area contributed by atoms with Crippen LogP contribution in [0.3, 0.4) is 0 Å². The number of hydrogen-bond donors (Lipinski definition) is 2. The number of anilines is 2. The number of rotatable bonds is 10. The summed E-state index contributed by atoms with van der Waals surface area (Å²) >= 11 is 0. The standard InChI is InChI=1S/C29H37N7O/c1-20(2)34(3)24-18-35(19-24)16-22-10-11-23(26(14-22)37-4)17-36-13-12-25-27(36)28(33-29(30)32-25)31-15-21-8-6-5-7-9-21/h5-14,20,24H,15-19H2,1-4H3,(H3,30,31,32,33). The van der Waals surface area contributed by atoms with Crippen LogP contribution in [0, 0.1) is 0 Å². The zero-order valence-electron chi connectivity index (χ0n) is 22.2. The first kappa shape index (κ1) is 25.0. The summed E-state index contributed by atoms with van der Waals surface area (Å²) in [5.41, 5.74) is 11.3. The van der Waals surface area contributed by atoms with Crippen LogP contribution in [0.5, 0.6) is 5.75 Å². The van der Waals surface area contributed by atoms with Gasteiger partial charge >= 0.3 is 0 Å². The number of ether oxygens (including phenoxy) is 1. The Balaban J connectivity index is 1.32. The molecule has 1 saturated heterocycles. The molecule has 0 amide bonds. The molecule has 37 heavy (non-hydrogen) atoms. The normalized spacial score (nSPS) is 14.4. The lowest BCUT2D eigenvalue weighted by Gasteiger charge is -2.45. The molecule has 0 saturated carbocycles. The van der Waals surface area contributed by atoms with Crippen molar-refractivity contribution in [2.75, 3.05) is 38.3 Å². The minimum Gasteiger partial charge on any atom is -0.496 e. The lowest BCUT2D eigenvalue weighted by molar-refractivity contribution is 0.0279. The van der Waals surface area contributed by atoms with Crippen LogP contribution in [-0.2, 0) is 19.6 Å². The van der Waals surface area contributed by atoms with E-state index in [-0.39, 0.29) is 5.95 Å². The van der Waals surface area contributed by atoms with E-state index in [4.69, 9.17) is 10.5 Å². The maximum atomic E-state index is 6.02. The number of methoxy groups -OCH3 is 1. The Labute approximate surface area is 219 Å². The van der Waals surface area contributed by atoms with Crippen molar-refractivity contribution < 1.29 is 4.74 Å². The molecule has 0 atom stereocenters. The smallest absolute Gasteiger partial charge is 0.222 e. The van der Waals surface area contributed by atoms with Crippen molar-refractivity contribution in [1.29, 1.82) is 0 Å². The molecule has 8 heteroatoms. The molecule has 8 nitrogen and oxygen atoms in total. The first-order valence-electron chi connectivity index (χ1n) is 12.9. The minimum absolute atomic E-state index is 0.260. The Bertz CT molecular complexity index is 1350. The molecule has 4 aromatic rings. The van der Waals surface area contributed by atoms with E-state index in [0.29, 0.717) is 25.2 Å². The molecule has 1 aliphatic heterocycles. The third kappa shape index (κ3) is 5.55. The van der Waals surface area contributed by atoms with Gasteiger partial charge in [0.2, 0.25) is 5.95 Å². The second-order valence-corrected chi connectivity index (χ2v) is 10.2. The van der Waals surface area contributed by atoms with Crippen LogP contribution in [0.15, 0.2) is 60.8 Å². The quantitative estimate of drug-likeness (QED) is 0.338. The highest BCUT2D eigenvalue weighted by atomic mass is 16.5. The van der Waals surface area contributed by atoms with Gasteiger partial charge in [0, 0.05) is 50.0 Å². The Morgan fingerprint density at radius 2 is 1.84 bits per heavy atom. The van der Waals surface area contributed by atoms with Crippen molar-refractivity contribution in [1.82, 2.24) is 24.3 Å². The summed E-state index contributed by atoms with van der Waals surface area (Å²) in [6, 6.07) is 20.0. The monoisotopic (exact) mass is 499 g/mol. The van der Waals surface area contributed by atoms with Gasteiger partial charge in [-0.05, 0) is 44.2 Å². The average Bonchev–Trinajstić information content (AvgIpc) is 3.27. The van der Waals surface area contributed by atoms with E-state index in [9.17, 15) is 0 Å². The zero-order chi connectivity index (χ0) is 25.9. The summed E-state index contributed by atoms with van der Waals surface area (Å²) in [5.74, 6) is 1.88. The molecule has 5 rings (SSSR count). The lowest BCUT2D eigenvalue weighted by atomic mass is 10.0. The SMILES string of the molecule is COc1cc(CN2CC(N(C)C(C)C)C2)ccc1Cn1ccc2nc(N)nc(NCc3ccccc3)c21. The van der Waals surface area contributed by atoms with Gasteiger partial charge in [-0.15, -0.1) is 0 Å². The van der Waals surface area contributed by atoms with Crippen molar-refractivity contribution in [2.45, 2.75) is 45.6 Å². The van der Waals surface area contributed by atoms with Gasteiger partial charge in [-0.1, -0.05) is 42.5 Å². The van der Waals surface area contributed by atoms with Crippen LogP contribution in [0.2, 0.25) is 0 Å². The molecular formula is C29H37N7O. The van der Waals surface area contributed by atoms with Crippen LogP contribution in [0.1, 0.15) is 30.5 Å². The number of benzene rings is 2. The molecule has 0 aliphatic carbocycles. The zero-order valence-corrected chi connectivity index (χ0v) is 22.2. The summed E-state index contributed by atoms with van der Waals surface area (Å²) in [5, 5.41) is 3.46. The number of nitrogen functional groups attached to an aromatic ring is 1. The van der Waals surface area contributed by atoms with Crippen LogP contribution >= 0.6 is 0 Å². The van der Waals surface area contributed by atoms with Crippen LogP contribution in [0.4, 0.5) is 11.8 Å². The first-order chi connectivity index (χ1) is 17.9. The number of nitrogens with one attached hydrogen (secondary N) is 1. The average molecular weight is 500 g/mol. The largest absolute Gasteiger partial charge is 0.496 e. The fourth-order valence-corrected chi connectivity index (χ4v) is 4.97. The molecule has 0 unspecified atom stereocenters. The van der Waals surface area contributed by atoms with E-state index < -0.39 is 0 Å². The molecular weight excluding hydrogens is 462 g/mol. The summed E-state index contributed by atoms with van der Waals surface area (Å²) in [7, 11) is 3.96. The number of nitrogens with two attached hydrogens (primary N) is 1. The van der Waals surface area contributed by atoms with E-state index in [0.717, 1.165) is 47.8 Å². The van der Waals surface area contributed by atoms with Crippen LogP contribution in [-0.4, -0.2) is 63.7 Å². The number of likely N-dealkylation sites (tertiary alicyclic amines) is 1. The molecule has 0 bridgehead atoms. The fourth-order valence-electron chi connectivity index (χ4n) is 4.97. The Morgan fingerprint density at radius 1 is 1.05 bits per heavy atom. The Morgan fingerprint density at radius 3 is 2.57 bits per heavy atom. The topological polar surface area (TPSA) is 84.5 Å². The molecule has 2 aromatic heterocycles. The molecule has 1 fully saturated rings. The van der Waals surface area contributed by atoms with Crippen molar-refractivity contribution in [3.63, 3.8) is 0 Å². The number of fused-ring (bicyclic) bond motifs is 1. The molecule has 3 heterocycles. The van der Waals surface area contributed by atoms with E-state index in [1.807, 2.05) is 30.5 Å². The summed E-state index contributed by atoms with van der Waals surface area (Å²) in [6.45, 7) is 8.95. The highest BCUT2D eigenvalue weighted by Gasteiger charge is 2.30. The highest BCUT2D eigenvalue weighted by molar-refractivity contribution is 5.87. The van der Waals surface area contributed by atoms with Crippen molar-refractivity contribution in [2.24, 2.45) is 0 Å². The lowest BCUT2D eigenvalue weighted by Crippen LogP contribution is -2.59. The number of hydrogen-bond acceptors (Lipinski definition) is 7. The van der Waals surface area contributed by atoms with Gasteiger partial charge in [0.1, 0.15) is 11.3 Å². The summed E-state index contributed by atoms with van der Waals surface area (Å²) < 4.78 is 7.97. The van der Waals surface area contributed by atoms with Gasteiger partial charge < -0.3 is 20.4 Å². The van der Waals surface area contributed by atoms with Crippen molar-refractivity contribution in [3.05, 3.63) is 77.5 Å². The number of nitrogens with zero attached hydrogens (tertiary/aromatic N) is 5. The Hall–Kier alpha value is -3.62. The Kier molecular flexibility index (Phi) is 7.30. The van der Waals surface area contributed by atoms with E-state index in [1.165, 1.54) is 11.1 Å². The van der Waals surface area contributed by atoms with E-state index in [2.05, 4.69) is 80.9 Å². The van der Waals surface area contributed by atoms with Gasteiger partial charge in [0.15, 0.2) is 5.82 Å². The first-order valence-corrected chi connectivity index (χ1v) is 12.9. The maximum Gasteiger partial charge on any atom is 0.222 e. The van der Waals surface area contributed by atoms with E-state index in [1.54, 1.807) is 7.11 Å². The number of aromatic nitrogens is 3. The van der Waals surface area contributed by atoms with Crippen molar-refractivity contribution >= 4 is 22.8 Å². The highest BCUT2D eigenvalue weighted by Crippen LogP contribution is 2.28. The molecule has 3 N–H and O–H groups in total. The van der Waals surface area contributed by atoms with Gasteiger partial charge in [-0.25, -0.2) is 4.98 Å². The second kappa shape index (κ2) is 10.8. The predicted octanol–water partition coefficient (Wildman–Crippen LogP) is 4.21. The summed E-state index contributed by atoms with van der Waals surface area (Å²) in [4.78, 5) is 13.9. The molecule has 0 spiro atoms. The predicted molar refractivity (Wildman–Crippen MR) is 150 cm³/mol. The van der Waals surface area contributed by atoms with E-state index >= 15 is 0 Å². The maximum absolute atomic E-state index is 6.02. The third-order valence-electron chi connectivity index (χ3n) is 7.36. The van der Waals surface area contributed by atoms with Gasteiger partial charge in [0.05, 0.1) is 19.2 Å².